The minimum atomic E-state index is 0.861. The first-order valence-electron chi connectivity index (χ1n) is 4.19. The summed E-state index contributed by atoms with van der Waals surface area (Å²) in [5.41, 5.74) is 5.27. The molecule has 2 heteroatoms. The molecule has 0 aliphatic carbocycles. The van der Waals surface area contributed by atoms with Gasteiger partial charge in [-0.25, -0.2) is 0 Å². The van der Waals surface area contributed by atoms with Crippen LogP contribution in [0.1, 0.15) is 32.6 Å². The van der Waals surface area contributed by atoms with Crippen molar-refractivity contribution in [1.29, 1.82) is 0 Å². The van der Waals surface area contributed by atoms with Crippen LogP contribution in [0.25, 0.3) is 0 Å². The number of hydrogen-bond acceptors (Lipinski definition) is 2. The molecule has 0 aromatic heterocycles. The third-order valence-electron chi connectivity index (χ3n) is 1.26. The molecule has 10 heavy (non-hydrogen) atoms. The zero-order chi connectivity index (χ0) is 7.66. The van der Waals surface area contributed by atoms with Crippen LogP contribution in [0.2, 0.25) is 0 Å². The summed E-state index contributed by atoms with van der Waals surface area (Å²) in [6.07, 6.45) is 5.16. The van der Waals surface area contributed by atoms with E-state index >= 15 is 0 Å². The molecule has 1 fully saturated rings. The highest BCUT2D eigenvalue weighted by atomic mass is 16.6. The van der Waals surface area contributed by atoms with E-state index in [0.717, 1.165) is 19.8 Å². The average Bonchev–Trinajstić information content (AvgIpc) is 2.73. The highest BCUT2D eigenvalue weighted by molar-refractivity contribution is 4.38. The lowest BCUT2D eigenvalue weighted by Crippen LogP contribution is -1.97. The van der Waals surface area contributed by atoms with E-state index in [4.69, 9.17) is 5.73 Å². The van der Waals surface area contributed by atoms with E-state index < -0.39 is 0 Å². The second-order valence-corrected chi connectivity index (χ2v) is 2.46. The van der Waals surface area contributed by atoms with Crippen molar-refractivity contribution in [3.05, 3.63) is 0 Å². The van der Waals surface area contributed by atoms with Crippen LogP contribution < -0.4 is 5.73 Å². The molecule has 1 aliphatic rings. The Morgan fingerprint density at radius 1 is 1.20 bits per heavy atom. The molecule has 1 heterocycles. The summed E-state index contributed by atoms with van der Waals surface area (Å²) in [6, 6.07) is 0. The monoisotopic (exact) mass is 145 g/mol. The Morgan fingerprint density at radius 3 is 2.10 bits per heavy atom. The fourth-order valence-electron chi connectivity index (χ4n) is 0.571. The van der Waals surface area contributed by atoms with Gasteiger partial charge in [0.2, 0.25) is 0 Å². The van der Waals surface area contributed by atoms with Crippen LogP contribution in [0.15, 0.2) is 0 Å². The van der Waals surface area contributed by atoms with Gasteiger partial charge in [-0.1, -0.05) is 26.2 Å². The molecule has 0 radical (unpaired) electrons. The molecule has 1 rings (SSSR count). The first-order chi connectivity index (χ1) is 4.91. The Bertz CT molecular complexity index is 48.5. The Balaban J connectivity index is 0.000000219. The first kappa shape index (κ1) is 9.92. The molecule has 0 amide bonds. The summed E-state index contributed by atoms with van der Waals surface area (Å²) >= 11 is 0. The number of unbranched alkanes of at least 4 members (excludes halogenated alkanes) is 3. The molecule has 0 saturated carbocycles. The second-order valence-electron chi connectivity index (χ2n) is 2.46. The molecule has 0 atom stereocenters. The van der Waals surface area contributed by atoms with Gasteiger partial charge in [-0.2, -0.15) is 0 Å². The average molecular weight is 145 g/mol. The van der Waals surface area contributed by atoms with Gasteiger partial charge in [-0.3, -0.25) is 0 Å². The summed E-state index contributed by atoms with van der Waals surface area (Å²) < 4.78 is 4.50. The Morgan fingerprint density at radius 2 is 1.80 bits per heavy atom. The van der Waals surface area contributed by atoms with E-state index in [2.05, 4.69) is 11.7 Å². The maximum Gasteiger partial charge on any atom is 0.0701 e. The quantitative estimate of drug-likeness (QED) is 0.481. The highest BCUT2D eigenvalue weighted by Crippen LogP contribution is 1.95. The number of epoxide rings is 1. The molecular weight excluding hydrogens is 126 g/mol. The predicted molar refractivity (Wildman–Crippen MR) is 44.0 cm³/mol. The van der Waals surface area contributed by atoms with Crippen molar-refractivity contribution in [2.45, 2.75) is 32.6 Å². The third-order valence-corrected chi connectivity index (χ3v) is 1.26. The van der Waals surface area contributed by atoms with Gasteiger partial charge in [-0.15, -0.1) is 0 Å². The smallest absolute Gasteiger partial charge is 0.0701 e. The molecule has 2 nitrogen and oxygen atoms in total. The number of nitrogens with two attached hydrogens (primary N) is 1. The second kappa shape index (κ2) is 8.92. The van der Waals surface area contributed by atoms with E-state index in [1.807, 2.05) is 0 Å². The molecule has 0 unspecified atom stereocenters. The van der Waals surface area contributed by atoms with Gasteiger partial charge in [-0.05, 0) is 13.0 Å². The van der Waals surface area contributed by atoms with Crippen molar-refractivity contribution >= 4 is 0 Å². The van der Waals surface area contributed by atoms with E-state index in [1.54, 1.807) is 0 Å². The minimum absolute atomic E-state index is 0.861. The van der Waals surface area contributed by atoms with Crippen LogP contribution in [0, 0.1) is 0 Å². The van der Waals surface area contributed by atoms with Gasteiger partial charge in [0.15, 0.2) is 0 Å². The summed E-state index contributed by atoms with van der Waals surface area (Å²) in [4.78, 5) is 0. The topological polar surface area (TPSA) is 38.5 Å². The molecule has 62 valence electrons. The first-order valence-corrected chi connectivity index (χ1v) is 4.19. The lowest BCUT2D eigenvalue weighted by molar-refractivity contribution is 0.475. The van der Waals surface area contributed by atoms with Crippen LogP contribution >= 0.6 is 0 Å². The zero-order valence-corrected chi connectivity index (χ0v) is 6.94. The van der Waals surface area contributed by atoms with Crippen molar-refractivity contribution in [3.63, 3.8) is 0 Å². The fraction of sp³-hybridized carbons (Fsp3) is 1.00. The van der Waals surface area contributed by atoms with E-state index in [0.29, 0.717) is 0 Å². The Kier molecular flexibility index (Phi) is 8.85. The minimum Gasteiger partial charge on any atom is -0.377 e. The molecular formula is C8H19NO. The summed E-state index contributed by atoms with van der Waals surface area (Å²) in [5, 5.41) is 0. The Hall–Kier alpha value is -0.0800. The Labute approximate surface area is 63.7 Å². The maximum absolute atomic E-state index is 5.27. The lowest BCUT2D eigenvalue weighted by Gasteiger charge is -1.90. The van der Waals surface area contributed by atoms with Gasteiger partial charge in [0.1, 0.15) is 0 Å². The largest absolute Gasteiger partial charge is 0.377 e. The van der Waals surface area contributed by atoms with E-state index in [1.165, 1.54) is 25.7 Å². The molecule has 0 spiro atoms. The summed E-state index contributed by atoms with van der Waals surface area (Å²) in [7, 11) is 0. The van der Waals surface area contributed by atoms with Gasteiger partial charge < -0.3 is 10.5 Å². The van der Waals surface area contributed by atoms with Crippen molar-refractivity contribution in [2.24, 2.45) is 5.73 Å². The highest BCUT2D eigenvalue weighted by Gasteiger charge is 1.94. The number of hydrogen-bond donors (Lipinski definition) is 1. The lowest BCUT2D eigenvalue weighted by atomic mass is 10.2. The van der Waals surface area contributed by atoms with Crippen molar-refractivity contribution < 1.29 is 4.74 Å². The van der Waals surface area contributed by atoms with Crippen LogP contribution in [0.5, 0.6) is 0 Å². The summed E-state index contributed by atoms with van der Waals surface area (Å²) in [6.45, 7) is 5.07. The SMILES string of the molecule is C1CO1.CCCCCCN. The van der Waals surface area contributed by atoms with Crippen LogP contribution in [0.3, 0.4) is 0 Å². The van der Waals surface area contributed by atoms with Crippen molar-refractivity contribution in [3.8, 4) is 0 Å². The van der Waals surface area contributed by atoms with Crippen molar-refractivity contribution in [2.75, 3.05) is 19.8 Å². The van der Waals surface area contributed by atoms with E-state index in [9.17, 15) is 0 Å². The number of ether oxygens (including phenoxy) is 1. The van der Waals surface area contributed by atoms with Gasteiger partial charge in [0.25, 0.3) is 0 Å². The maximum atomic E-state index is 5.27. The van der Waals surface area contributed by atoms with E-state index in [-0.39, 0.29) is 0 Å². The normalized spacial score (nSPS) is 13.8. The third kappa shape index (κ3) is 15.7. The molecule has 1 aliphatic heterocycles. The fourth-order valence-corrected chi connectivity index (χ4v) is 0.571. The van der Waals surface area contributed by atoms with Gasteiger partial charge in [0.05, 0.1) is 13.2 Å². The molecule has 0 aromatic carbocycles. The molecule has 1 saturated heterocycles. The summed E-state index contributed by atoms with van der Waals surface area (Å²) in [5.74, 6) is 0. The van der Waals surface area contributed by atoms with Crippen molar-refractivity contribution in [1.82, 2.24) is 0 Å². The van der Waals surface area contributed by atoms with Gasteiger partial charge in [0, 0.05) is 0 Å². The predicted octanol–water partition coefficient (Wildman–Crippen LogP) is 1.54. The molecule has 0 bridgehead atoms. The molecule has 2 N–H and O–H groups in total. The molecule has 0 aromatic rings. The van der Waals surface area contributed by atoms with Crippen LogP contribution in [-0.4, -0.2) is 19.8 Å². The van der Waals surface area contributed by atoms with Crippen LogP contribution in [0.4, 0.5) is 0 Å². The zero-order valence-electron chi connectivity index (χ0n) is 6.94. The van der Waals surface area contributed by atoms with Crippen LogP contribution in [-0.2, 0) is 4.74 Å². The van der Waals surface area contributed by atoms with Gasteiger partial charge >= 0.3 is 0 Å². The number of rotatable bonds is 4. The standard InChI is InChI=1S/C6H15N.C2H4O/c1-2-3-4-5-6-7;1-2-3-1/h2-7H2,1H3;1-2H2.